The first-order valence-corrected chi connectivity index (χ1v) is 8.66. The molecule has 2 fully saturated rings. The van der Waals surface area contributed by atoms with Crippen molar-refractivity contribution in [2.75, 3.05) is 44.2 Å². The van der Waals surface area contributed by atoms with Crippen LogP contribution in [0.3, 0.4) is 0 Å². The van der Waals surface area contributed by atoms with Crippen molar-refractivity contribution in [1.29, 1.82) is 5.26 Å². The lowest BCUT2D eigenvalue weighted by Crippen LogP contribution is -2.52. The van der Waals surface area contributed by atoms with Gasteiger partial charge in [0.2, 0.25) is 5.91 Å². The first kappa shape index (κ1) is 16.7. The minimum Gasteiger partial charge on any atom is -0.353 e. The number of amides is 1. The molecule has 1 amide bonds. The maximum atomic E-state index is 12.5. The second-order valence-electron chi connectivity index (χ2n) is 6.57. The number of hydrogen-bond donors (Lipinski definition) is 0. The molecule has 1 aromatic rings. The van der Waals surface area contributed by atoms with Crippen LogP contribution in [0, 0.1) is 11.3 Å². The summed E-state index contributed by atoms with van der Waals surface area (Å²) >= 11 is 0. The third-order valence-electron chi connectivity index (χ3n) is 4.93. The fourth-order valence-electron chi connectivity index (χ4n) is 3.43. The molecule has 1 aromatic heterocycles. The van der Waals surface area contributed by atoms with E-state index in [9.17, 15) is 4.79 Å². The number of carbonyl (C=O) groups is 1. The van der Waals surface area contributed by atoms with E-state index < -0.39 is 0 Å². The van der Waals surface area contributed by atoms with Gasteiger partial charge in [0.1, 0.15) is 11.9 Å². The van der Waals surface area contributed by atoms with Crippen molar-refractivity contribution in [3.63, 3.8) is 0 Å². The minimum absolute atomic E-state index is 0.258. The van der Waals surface area contributed by atoms with Crippen molar-refractivity contribution in [3.8, 4) is 6.07 Å². The number of hydrogen-bond acceptors (Lipinski definition) is 6. The van der Waals surface area contributed by atoms with Crippen LogP contribution in [-0.2, 0) is 4.79 Å². The normalized spacial score (nSPS) is 22.2. The number of rotatable bonds is 3. The van der Waals surface area contributed by atoms with E-state index in [1.807, 2.05) is 11.0 Å². The standard InChI is InChI=1S/C17H24N6O/c1-14-4-2-3-5-23(14)17(24)13-21-6-8-22(9-7-21)16-12-19-15(10-18)11-20-16/h11-12,14H,2-9,13H2,1H3. The molecular weight excluding hydrogens is 304 g/mol. The molecule has 2 aliphatic heterocycles. The van der Waals surface area contributed by atoms with E-state index in [-0.39, 0.29) is 5.91 Å². The average Bonchev–Trinajstić information content (AvgIpc) is 2.63. The Balaban J connectivity index is 1.49. The van der Waals surface area contributed by atoms with Gasteiger partial charge in [-0.25, -0.2) is 9.97 Å². The molecule has 3 heterocycles. The van der Waals surface area contributed by atoms with Gasteiger partial charge >= 0.3 is 0 Å². The second-order valence-corrected chi connectivity index (χ2v) is 6.57. The Morgan fingerprint density at radius 1 is 1.21 bits per heavy atom. The number of anilines is 1. The molecule has 24 heavy (non-hydrogen) atoms. The number of piperazine rings is 1. The molecule has 0 spiro atoms. The van der Waals surface area contributed by atoms with Crippen LogP contribution >= 0.6 is 0 Å². The number of carbonyl (C=O) groups excluding carboxylic acids is 1. The second kappa shape index (κ2) is 7.58. The molecule has 7 nitrogen and oxygen atoms in total. The topological polar surface area (TPSA) is 76.4 Å². The SMILES string of the molecule is CC1CCCCN1C(=O)CN1CCN(c2cnc(C#N)cn2)CC1. The first-order chi connectivity index (χ1) is 11.7. The van der Waals surface area contributed by atoms with E-state index in [1.54, 1.807) is 6.20 Å². The highest BCUT2D eigenvalue weighted by molar-refractivity contribution is 5.78. The summed E-state index contributed by atoms with van der Waals surface area (Å²) in [6, 6.07) is 2.35. The van der Waals surface area contributed by atoms with Crippen molar-refractivity contribution in [2.45, 2.75) is 32.2 Å². The summed E-state index contributed by atoms with van der Waals surface area (Å²) in [6.07, 6.45) is 6.63. The van der Waals surface area contributed by atoms with E-state index in [1.165, 1.54) is 12.6 Å². The summed E-state index contributed by atoms with van der Waals surface area (Å²) in [6.45, 7) is 6.90. The molecule has 3 rings (SSSR count). The Kier molecular flexibility index (Phi) is 5.26. The van der Waals surface area contributed by atoms with Gasteiger partial charge in [0.25, 0.3) is 0 Å². The highest BCUT2D eigenvalue weighted by atomic mass is 16.2. The van der Waals surface area contributed by atoms with E-state index in [0.717, 1.165) is 51.4 Å². The summed E-state index contributed by atoms with van der Waals surface area (Å²) in [5.74, 6) is 1.05. The molecule has 128 valence electrons. The Hall–Kier alpha value is -2.20. The molecule has 2 aliphatic rings. The molecule has 0 radical (unpaired) electrons. The van der Waals surface area contributed by atoms with Crippen LogP contribution in [0.15, 0.2) is 12.4 Å². The largest absolute Gasteiger partial charge is 0.353 e. The fraction of sp³-hybridized carbons (Fsp3) is 0.647. The molecule has 7 heteroatoms. The van der Waals surface area contributed by atoms with Gasteiger partial charge in [0.05, 0.1) is 18.9 Å². The maximum absolute atomic E-state index is 12.5. The van der Waals surface area contributed by atoms with Crippen molar-refractivity contribution in [1.82, 2.24) is 19.8 Å². The highest BCUT2D eigenvalue weighted by Gasteiger charge is 2.26. The van der Waals surface area contributed by atoms with Crippen LogP contribution in [0.25, 0.3) is 0 Å². The molecule has 0 saturated carbocycles. The zero-order chi connectivity index (χ0) is 16.9. The van der Waals surface area contributed by atoms with Gasteiger partial charge in [-0.2, -0.15) is 5.26 Å². The van der Waals surface area contributed by atoms with Gasteiger partial charge in [0, 0.05) is 38.8 Å². The predicted molar refractivity (Wildman–Crippen MR) is 90.4 cm³/mol. The molecule has 0 N–H and O–H groups in total. The minimum atomic E-state index is 0.258. The number of piperidine rings is 1. The Morgan fingerprint density at radius 2 is 2.00 bits per heavy atom. The van der Waals surface area contributed by atoms with Gasteiger partial charge in [-0.05, 0) is 26.2 Å². The van der Waals surface area contributed by atoms with Crippen LogP contribution in [0.2, 0.25) is 0 Å². The lowest BCUT2D eigenvalue weighted by atomic mass is 10.0. The van der Waals surface area contributed by atoms with Crippen molar-refractivity contribution >= 4 is 11.7 Å². The molecule has 2 saturated heterocycles. The summed E-state index contributed by atoms with van der Waals surface area (Å²) in [4.78, 5) is 27.3. The zero-order valence-electron chi connectivity index (χ0n) is 14.2. The number of aromatic nitrogens is 2. The van der Waals surface area contributed by atoms with Crippen LogP contribution in [0.5, 0.6) is 0 Å². The summed E-state index contributed by atoms with van der Waals surface area (Å²) in [5, 5.41) is 8.77. The lowest BCUT2D eigenvalue weighted by Gasteiger charge is -2.38. The zero-order valence-corrected chi connectivity index (χ0v) is 14.2. The summed E-state index contributed by atoms with van der Waals surface area (Å²) < 4.78 is 0. The van der Waals surface area contributed by atoms with Crippen LogP contribution < -0.4 is 4.90 Å². The molecule has 0 bridgehead atoms. The van der Waals surface area contributed by atoms with E-state index in [4.69, 9.17) is 5.26 Å². The Morgan fingerprint density at radius 3 is 2.62 bits per heavy atom. The summed E-state index contributed by atoms with van der Waals surface area (Å²) in [7, 11) is 0. The third-order valence-corrected chi connectivity index (χ3v) is 4.93. The number of nitriles is 1. The van der Waals surface area contributed by atoms with Gasteiger partial charge in [-0.1, -0.05) is 0 Å². The average molecular weight is 328 g/mol. The van der Waals surface area contributed by atoms with Gasteiger partial charge < -0.3 is 9.80 Å². The summed E-state index contributed by atoms with van der Waals surface area (Å²) in [5.41, 5.74) is 0.332. The van der Waals surface area contributed by atoms with Crippen molar-refractivity contribution in [3.05, 3.63) is 18.1 Å². The number of likely N-dealkylation sites (tertiary alicyclic amines) is 1. The molecule has 0 aromatic carbocycles. The van der Waals surface area contributed by atoms with Gasteiger partial charge in [-0.3, -0.25) is 9.69 Å². The van der Waals surface area contributed by atoms with E-state index >= 15 is 0 Å². The monoisotopic (exact) mass is 328 g/mol. The van der Waals surface area contributed by atoms with Crippen LogP contribution in [-0.4, -0.2) is 71.0 Å². The number of nitrogens with zero attached hydrogens (tertiary/aromatic N) is 6. The van der Waals surface area contributed by atoms with Gasteiger partial charge in [0.15, 0.2) is 5.69 Å². The van der Waals surface area contributed by atoms with Gasteiger partial charge in [-0.15, -0.1) is 0 Å². The van der Waals surface area contributed by atoms with E-state index in [0.29, 0.717) is 18.3 Å². The molecular formula is C17H24N6O. The Labute approximate surface area is 142 Å². The molecule has 0 aliphatic carbocycles. The fourth-order valence-corrected chi connectivity index (χ4v) is 3.43. The third kappa shape index (κ3) is 3.82. The molecule has 1 atom stereocenters. The molecule has 1 unspecified atom stereocenters. The van der Waals surface area contributed by atoms with Crippen LogP contribution in [0.1, 0.15) is 31.9 Å². The Bertz CT molecular complexity index is 603. The van der Waals surface area contributed by atoms with Crippen LogP contribution in [0.4, 0.5) is 5.82 Å². The maximum Gasteiger partial charge on any atom is 0.236 e. The smallest absolute Gasteiger partial charge is 0.236 e. The van der Waals surface area contributed by atoms with Crippen molar-refractivity contribution < 1.29 is 4.79 Å². The predicted octanol–water partition coefficient (Wildman–Crippen LogP) is 0.871. The van der Waals surface area contributed by atoms with E-state index in [2.05, 4.69) is 26.7 Å². The lowest BCUT2D eigenvalue weighted by molar-refractivity contribution is -0.135. The quantitative estimate of drug-likeness (QED) is 0.819. The first-order valence-electron chi connectivity index (χ1n) is 8.66. The highest BCUT2D eigenvalue weighted by Crippen LogP contribution is 2.17. The van der Waals surface area contributed by atoms with Crippen molar-refractivity contribution in [2.24, 2.45) is 0 Å².